The third-order valence-electron chi connectivity index (χ3n) is 3.45. The van der Waals surface area contributed by atoms with Gasteiger partial charge in [-0.3, -0.25) is 4.79 Å². The molecule has 0 spiro atoms. The van der Waals surface area contributed by atoms with Crippen molar-refractivity contribution in [1.82, 2.24) is 10.6 Å². The first kappa shape index (κ1) is 11.3. The lowest BCUT2D eigenvalue weighted by Crippen LogP contribution is -2.31. The Kier molecular flexibility index (Phi) is 3.02. The first-order chi connectivity index (χ1) is 8.84. The molecule has 94 valence electrons. The lowest BCUT2D eigenvalue weighted by Gasteiger charge is -2.08. The SMILES string of the molecule is O=C(NCc1coc2ccccc12)C1CCNC1. The van der Waals surface area contributed by atoms with Crippen LogP contribution in [0, 0.1) is 5.92 Å². The molecule has 1 atom stereocenters. The van der Waals surface area contributed by atoms with Gasteiger partial charge in [0.2, 0.25) is 5.91 Å². The van der Waals surface area contributed by atoms with Gasteiger partial charge in [-0.15, -0.1) is 0 Å². The van der Waals surface area contributed by atoms with Gasteiger partial charge >= 0.3 is 0 Å². The minimum atomic E-state index is 0.114. The number of carbonyl (C=O) groups excluding carboxylic acids is 1. The maximum Gasteiger partial charge on any atom is 0.224 e. The van der Waals surface area contributed by atoms with E-state index in [1.165, 1.54) is 0 Å². The van der Waals surface area contributed by atoms with Crippen molar-refractivity contribution in [3.63, 3.8) is 0 Å². The third-order valence-corrected chi connectivity index (χ3v) is 3.45. The van der Waals surface area contributed by atoms with Crippen LogP contribution in [0.15, 0.2) is 34.9 Å². The highest BCUT2D eigenvalue weighted by Crippen LogP contribution is 2.20. The second-order valence-corrected chi connectivity index (χ2v) is 4.66. The first-order valence-corrected chi connectivity index (χ1v) is 6.28. The zero-order valence-electron chi connectivity index (χ0n) is 10.1. The Morgan fingerprint density at radius 2 is 2.33 bits per heavy atom. The lowest BCUT2D eigenvalue weighted by molar-refractivity contribution is -0.124. The normalized spacial score (nSPS) is 19.2. The fourth-order valence-corrected chi connectivity index (χ4v) is 2.37. The molecule has 0 radical (unpaired) electrons. The van der Waals surface area contributed by atoms with Gasteiger partial charge in [0.25, 0.3) is 0 Å². The highest BCUT2D eigenvalue weighted by atomic mass is 16.3. The fraction of sp³-hybridized carbons (Fsp3) is 0.357. The number of hydrogen-bond acceptors (Lipinski definition) is 3. The van der Waals surface area contributed by atoms with Crippen molar-refractivity contribution >= 4 is 16.9 Å². The van der Waals surface area contributed by atoms with Crippen LogP contribution in [0.3, 0.4) is 0 Å². The molecule has 18 heavy (non-hydrogen) atoms. The average Bonchev–Trinajstić information content (AvgIpc) is 3.06. The molecule has 1 saturated heterocycles. The molecular weight excluding hydrogens is 228 g/mol. The maximum absolute atomic E-state index is 11.9. The summed E-state index contributed by atoms with van der Waals surface area (Å²) in [5.41, 5.74) is 1.90. The van der Waals surface area contributed by atoms with E-state index in [2.05, 4.69) is 10.6 Å². The van der Waals surface area contributed by atoms with Crippen LogP contribution in [0.1, 0.15) is 12.0 Å². The number of fused-ring (bicyclic) bond motifs is 1. The minimum Gasteiger partial charge on any atom is -0.464 e. The van der Waals surface area contributed by atoms with Crippen molar-refractivity contribution in [3.8, 4) is 0 Å². The molecule has 1 fully saturated rings. The molecule has 1 aromatic heterocycles. The van der Waals surface area contributed by atoms with E-state index in [1.54, 1.807) is 6.26 Å². The molecule has 0 bridgehead atoms. The lowest BCUT2D eigenvalue weighted by atomic mass is 10.1. The number of amides is 1. The molecule has 0 aliphatic carbocycles. The van der Waals surface area contributed by atoms with Crippen LogP contribution in [-0.4, -0.2) is 19.0 Å². The third kappa shape index (κ3) is 2.11. The molecule has 4 nitrogen and oxygen atoms in total. The van der Waals surface area contributed by atoms with Gasteiger partial charge in [-0.25, -0.2) is 0 Å². The molecule has 1 amide bonds. The van der Waals surface area contributed by atoms with Crippen molar-refractivity contribution in [2.45, 2.75) is 13.0 Å². The predicted molar refractivity (Wildman–Crippen MR) is 69.0 cm³/mol. The van der Waals surface area contributed by atoms with E-state index in [4.69, 9.17) is 4.42 Å². The zero-order chi connectivity index (χ0) is 12.4. The summed E-state index contributed by atoms with van der Waals surface area (Å²) in [5, 5.41) is 7.25. The van der Waals surface area contributed by atoms with Gasteiger partial charge in [-0.1, -0.05) is 18.2 Å². The van der Waals surface area contributed by atoms with E-state index >= 15 is 0 Å². The number of carbonyl (C=O) groups is 1. The number of para-hydroxylation sites is 1. The molecule has 1 aliphatic rings. The largest absolute Gasteiger partial charge is 0.464 e. The predicted octanol–water partition coefficient (Wildman–Crippen LogP) is 1.66. The summed E-state index contributed by atoms with van der Waals surface area (Å²) in [7, 11) is 0. The van der Waals surface area contributed by atoms with E-state index in [-0.39, 0.29) is 11.8 Å². The minimum absolute atomic E-state index is 0.114. The van der Waals surface area contributed by atoms with Gasteiger partial charge in [0.15, 0.2) is 0 Å². The molecular formula is C14H16N2O2. The van der Waals surface area contributed by atoms with E-state index in [9.17, 15) is 4.79 Å². The standard InChI is InChI=1S/C14H16N2O2/c17-14(10-5-6-15-7-10)16-8-11-9-18-13-4-2-1-3-12(11)13/h1-4,9-10,15H,5-8H2,(H,16,17). The number of nitrogens with one attached hydrogen (secondary N) is 2. The Balaban J connectivity index is 1.67. The van der Waals surface area contributed by atoms with Gasteiger partial charge in [-0.05, 0) is 19.0 Å². The van der Waals surface area contributed by atoms with Crippen LogP contribution in [0.2, 0.25) is 0 Å². The molecule has 2 heterocycles. The van der Waals surface area contributed by atoms with E-state index in [0.29, 0.717) is 6.54 Å². The summed E-state index contributed by atoms with van der Waals surface area (Å²) in [6.45, 7) is 2.26. The van der Waals surface area contributed by atoms with Crippen LogP contribution in [0.4, 0.5) is 0 Å². The Hall–Kier alpha value is -1.81. The molecule has 1 aromatic carbocycles. The quantitative estimate of drug-likeness (QED) is 0.863. The number of rotatable bonds is 3. The Morgan fingerprint density at radius 1 is 1.44 bits per heavy atom. The Bertz CT molecular complexity index is 556. The van der Waals surface area contributed by atoms with Crippen LogP contribution >= 0.6 is 0 Å². The van der Waals surface area contributed by atoms with Crippen molar-refractivity contribution < 1.29 is 9.21 Å². The smallest absolute Gasteiger partial charge is 0.224 e. The van der Waals surface area contributed by atoms with E-state index in [1.807, 2.05) is 24.3 Å². The maximum atomic E-state index is 11.9. The fourth-order valence-electron chi connectivity index (χ4n) is 2.37. The number of hydrogen-bond donors (Lipinski definition) is 2. The van der Waals surface area contributed by atoms with Gasteiger partial charge in [0.1, 0.15) is 5.58 Å². The van der Waals surface area contributed by atoms with Crippen LogP contribution in [0.5, 0.6) is 0 Å². The summed E-state index contributed by atoms with van der Waals surface area (Å²) in [4.78, 5) is 11.9. The second kappa shape index (κ2) is 4.82. The summed E-state index contributed by atoms with van der Waals surface area (Å²) < 4.78 is 5.44. The molecule has 0 saturated carbocycles. The highest BCUT2D eigenvalue weighted by molar-refractivity contribution is 5.82. The molecule has 2 N–H and O–H groups in total. The highest BCUT2D eigenvalue weighted by Gasteiger charge is 2.22. The summed E-state index contributed by atoms with van der Waals surface area (Å²) in [6, 6.07) is 7.86. The second-order valence-electron chi connectivity index (χ2n) is 4.66. The molecule has 2 aromatic rings. The van der Waals surface area contributed by atoms with Crippen molar-refractivity contribution in [3.05, 3.63) is 36.1 Å². The average molecular weight is 244 g/mol. The van der Waals surface area contributed by atoms with Gasteiger partial charge in [0.05, 0.1) is 12.2 Å². The Morgan fingerprint density at radius 3 is 3.17 bits per heavy atom. The Labute approximate surface area is 105 Å². The molecule has 3 rings (SSSR count). The van der Waals surface area contributed by atoms with Gasteiger partial charge in [0, 0.05) is 24.0 Å². The van der Waals surface area contributed by atoms with Crippen molar-refractivity contribution in [2.24, 2.45) is 5.92 Å². The summed E-state index contributed by atoms with van der Waals surface area (Å²) in [5.74, 6) is 0.244. The molecule has 4 heteroatoms. The topological polar surface area (TPSA) is 54.3 Å². The number of benzene rings is 1. The van der Waals surface area contributed by atoms with Crippen molar-refractivity contribution in [1.29, 1.82) is 0 Å². The summed E-state index contributed by atoms with van der Waals surface area (Å²) >= 11 is 0. The van der Waals surface area contributed by atoms with Crippen LogP contribution in [-0.2, 0) is 11.3 Å². The van der Waals surface area contributed by atoms with E-state index in [0.717, 1.165) is 36.0 Å². The van der Waals surface area contributed by atoms with Crippen LogP contribution < -0.4 is 10.6 Å². The van der Waals surface area contributed by atoms with E-state index < -0.39 is 0 Å². The van der Waals surface area contributed by atoms with Crippen LogP contribution in [0.25, 0.3) is 11.0 Å². The molecule has 1 aliphatic heterocycles. The first-order valence-electron chi connectivity index (χ1n) is 6.28. The zero-order valence-corrected chi connectivity index (χ0v) is 10.1. The summed E-state index contributed by atoms with van der Waals surface area (Å²) in [6.07, 6.45) is 2.65. The van der Waals surface area contributed by atoms with Gasteiger partial charge < -0.3 is 15.1 Å². The van der Waals surface area contributed by atoms with Crippen molar-refractivity contribution in [2.75, 3.05) is 13.1 Å². The molecule has 1 unspecified atom stereocenters. The number of furan rings is 1. The monoisotopic (exact) mass is 244 g/mol. The van der Waals surface area contributed by atoms with Gasteiger partial charge in [-0.2, -0.15) is 0 Å².